The number of hydrogen-bond donors (Lipinski definition) is 2. The number of nitrogens with one attached hydrogen (secondary N) is 1. The molecule has 2 rings (SSSR count). The molecule has 3 N–H and O–H groups in total. The smallest absolute Gasteiger partial charge is 0.258 e. The molecule has 2 aromatic rings. The van der Waals surface area contributed by atoms with Crippen molar-refractivity contribution in [3.05, 3.63) is 58.7 Å². The summed E-state index contributed by atoms with van der Waals surface area (Å²) in [7, 11) is 0. The number of hydrogen-bond acceptors (Lipinski definition) is 3. The van der Waals surface area contributed by atoms with Gasteiger partial charge >= 0.3 is 0 Å². The molecule has 1 amide bonds. The fourth-order valence-electron chi connectivity index (χ4n) is 1.50. The third-order valence-corrected chi connectivity index (χ3v) is 2.75. The lowest BCUT2D eigenvalue weighted by molar-refractivity contribution is 0.102. The van der Waals surface area contributed by atoms with Gasteiger partial charge in [0.2, 0.25) is 0 Å². The van der Waals surface area contributed by atoms with Crippen LogP contribution in [0.2, 0.25) is 5.02 Å². The van der Waals surface area contributed by atoms with Crippen LogP contribution in [0.4, 0.5) is 5.82 Å². The van der Waals surface area contributed by atoms with Gasteiger partial charge in [-0.2, -0.15) is 0 Å². The summed E-state index contributed by atoms with van der Waals surface area (Å²) >= 11 is 5.94. The summed E-state index contributed by atoms with van der Waals surface area (Å²) in [6.07, 6.45) is 1.60. The summed E-state index contributed by atoms with van der Waals surface area (Å²) in [4.78, 5) is 16.0. The maximum absolute atomic E-state index is 12.0. The molecule has 0 spiro atoms. The molecule has 0 saturated carbocycles. The van der Waals surface area contributed by atoms with Gasteiger partial charge in [0, 0.05) is 12.7 Å². The van der Waals surface area contributed by atoms with E-state index in [0.29, 0.717) is 22.9 Å². The van der Waals surface area contributed by atoms with Gasteiger partial charge in [0.1, 0.15) is 5.82 Å². The van der Waals surface area contributed by atoms with Gasteiger partial charge in [-0.05, 0) is 29.8 Å². The number of nitrogens with zero attached hydrogens (tertiary/aromatic N) is 1. The monoisotopic (exact) mass is 261 g/mol. The van der Waals surface area contributed by atoms with E-state index in [1.807, 2.05) is 0 Å². The third kappa shape index (κ3) is 2.85. The largest absolute Gasteiger partial charge is 0.326 e. The Labute approximate surface area is 110 Å². The molecule has 0 aliphatic rings. The summed E-state index contributed by atoms with van der Waals surface area (Å²) < 4.78 is 0. The molecule has 0 unspecified atom stereocenters. The van der Waals surface area contributed by atoms with Crippen molar-refractivity contribution in [1.29, 1.82) is 0 Å². The van der Waals surface area contributed by atoms with E-state index in [9.17, 15) is 4.79 Å². The molecule has 0 fully saturated rings. The van der Waals surface area contributed by atoms with Crippen LogP contribution < -0.4 is 11.1 Å². The molecule has 0 atom stereocenters. The number of pyridine rings is 1. The quantitative estimate of drug-likeness (QED) is 0.892. The Hall–Kier alpha value is -1.91. The van der Waals surface area contributed by atoms with Gasteiger partial charge in [0.15, 0.2) is 0 Å². The van der Waals surface area contributed by atoms with Gasteiger partial charge in [-0.25, -0.2) is 4.98 Å². The summed E-state index contributed by atoms with van der Waals surface area (Å²) in [5, 5.41) is 3.09. The van der Waals surface area contributed by atoms with Crippen LogP contribution in [0.5, 0.6) is 0 Å². The number of aromatic nitrogens is 1. The maximum atomic E-state index is 12.0. The van der Waals surface area contributed by atoms with Crippen molar-refractivity contribution in [3.63, 3.8) is 0 Å². The normalized spacial score (nSPS) is 10.1. The summed E-state index contributed by atoms with van der Waals surface area (Å²) in [5.74, 6) is 0.171. The molecule has 0 bridgehead atoms. The fourth-order valence-corrected chi connectivity index (χ4v) is 1.72. The van der Waals surface area contributed by atoms with Crippen LogP contribution in [0.3, 0.4) is 0 Å². The molecule has 0 aliphatic carbocycles. The van der Waals surface area contributed by atoms with Crippen LogP contribution in [0.15, 0.2) is 42.6 Å². The first-order valence-corrected chi connectivity index (χ1v) is 5.79. The molecule has 1 heterocycles. The highest BCUT2D eigenvalue weighted by atomic mass is 35.5. The van der Waals surface area contributed by atoms with E-state index in [1.165, 1.54) is 0 Å². The van der Waals surface area contributed by atoms with E-state index in [-0.39, 0.29) is 5.91 Å². The minimum absolute atomic E-state index is 0.290. The second kappa shape index (κ2) is 5.62. The summed E-state index contributed by atoms with van der Waals surface area (Å²) in [6, 6.07) is 10.4. The molecular formula is C13H12ClN3O. The number of benzene rings is 1. The molecule has 0 radical (unpaired) electrons. The second-order valence-electron chi connectivity index (χ2n) is 3.69. The molecule has 1 aromatic carbocycles. The number of carbonyl (C=O) groups is 1. The molecule has 18 heavy (non-hydrogen) atoms. The van der Waals surface area contributed by atoms with Crippen LogP contribution in [-0.2, 0) is 6.54 Å². The van der Waals surface area contributed by atoms with E-state index in [2.05, 4.69) is 10.3 Å². The Morgan fingerprint density at radius 1 is 1.33 bits per heavy atom. The van der Waals surface area contributed by atoms with Gasteiger partial charge in [-0.3, -0.25) is 4.79 Å². The Morgan fingerprint density at radius 3 is 2.83 bits per heavy atom. The van der Waals surface area contributed by atoms with Crippen LogP contribution in [0.25, 0.3) is 0 Å². The number of rotatable bonds is 3. The van der Waals surface area contributed by atoms with Crippen LogP contribution in [0, 0.1) is 0 Å². The molecule has 0 aliphatic heterocycles. The first-order chi connectivity index (χ1) is 8.70. The second-order valence-corrected chi connectivity index (χ2v) is 4.09. The number of anilines is 1. The Morgan fingerprint density at radius 2 is 2.11 bits per heavy atom. The zero-order valence-electron chi connectivity index (χ0n) is 9.56. The molecule has 92 valence electrons. The number of amides is 1. The van der Waals surface area contributed by atoms with Gasteiger partial charge in [0.05, 0.1) is 10.6 Å². The van der Waals surface area contributed by atoms with E-state index in [0.717, 1.165) is 5.56 Å². The van der Waals surface area contributed by atoms with Crippen LogP contribution in [-0.4, -0.2) is 10.9 Å². The topological polar surface area (TPSA) is 68.0 Å². The van der Waals surface area contributed by atoms with Crippen LogP contribution in [0.1, 0.15) is 15.9 Å². The van der Waals surface area contributed by atoms with E-state index < -0.39 is 0 Å². The van der Waals surface area contributed by atoms with E-state index in [4.69, 9.17) is 17.3 Å². The maximum Gasteiger partial charge on any atom is 0.258 e. The highest BCUT2D eigenvalue weighted by molar-refractivity contribution is 6.34. The first-order valence-electron chi connectivity index (χ1n) is 5.41. The van der Waals surface area contributed by atoms with E-state index in [1.54, 1.807) is 42.6 Å². The molecule has 0 saturated heterocycles. The van der Waals surface area contributed by atoms with Crippen molar-refractivity contribution in [2.45, 2.75) is 6.54 Å². The third-order valence-electron chi connectivity index (χ3n) is 2.42. The Balaban J connectivity index is 2.19. The first kappa shape index (κ1) is 12.5. The fraction of sp³-hybridized carbons (Fsp3) is 0.0769. The van der Waals surface area contributed by atoms with Crippen molar-refractivity contribution in [2.75, 3.05) is 5.32 Å². The predicted molar refractivity (Wildman–Crippen MR) is 71.5 cm³/mol. The van der Waals surface area contributed by atoms with E-state index >= 15 is 0 Å². The number of carbonyl (C=O) groups excluding carboxylic acids is 1. The average Bonchev–Trinajstić information content (AvgIpc) is 2.39. The van der Waals surface area contributed by atoms with Gasteiger partial charge in [-0.15, -0.1) is 0 Å². The minimum Gasteiger partial charge on any atom is -0.326 e. The van der Waals surface area contributed by atoms with Crippen molar-refractivity contribution in [2.24, 2.45) is 5.73 Å². The van der Waals surface area contributed by atoms with Crippen LogP contribution >= 0.6 is 11.6 Å². The lowest BCUT2D eigenvalue weighted by atomic mass is 10.2. The lowest BCUT2D eigenvalue weighted by Gasteiger charge is -2.06. The molecule has 5 heteroatoms. The standard InChI is InChI=1S/C13H12ClN3O/c14-11-4-2-1-3-10(11)13(18)17-12-7-9(8-15)5-6-16-12/h1-7H,8,15H2,(H,16,17,18). The van der Waals surface area contributed by atoms with Crippen molar-refractivity contribution in [3.8, 4) is 0 Å². The zero-order chi connectivity index (χ0) is 13.0. The van der Waals surface area contributed by atoms with Crippen molar-refractivity contribution >= 4 is 23.3 Å². The Bertz CT molecular complexity index is 572. The molecule has 4 nitrogen and oxygen atoms in total. The summed E-state index contributed by atoms with van der Waals surface area (Å²) in [6.45, 7) is 0.400. The lowest BCUT2D eigenvalue weighted by Crippen LogP contribution is -2.13. The van der Waals surface area contributed by atoms with Gasteiger partial charge in [-0.1, -0.05) is 23.7 Å². The number of nitrogens with two attached hydrogens (primary N) is 1. The van der Waals surface area contributed by atoms with Crippen molar-refractivity contribution < 1.29 is 4.79 Å². The predicted octanol–water partition coefficient (Wildman–Crippen LogP) is 2.45. The molecule has 1 aromatic heterocycles. The average molecular weight is 262 g/mol. The highest BCUT2D eigenvalue weighted by Crippen LogP contribution is 2.16. The molecular weight excluding hydrogens is 250 g/mol. The SMILES string of the molecule is NCc1ccnc(NC(=O)c2ccccc2Cl)c1. The summed E-state index contributed by atoms with van der Waals surface area (Å²) in [5.41, 5.74) is 6.84. The van der Waals surface area contributed by atoms with Crippen molar-refractivity contribution in [1.82, 2.24) is 4.98 Å². The van der Waals surface area contributed by atoms with Gasteiger partial charge in [0.25, 0.3) is 5.91 Å². The van der Waals surface area contributed by atoms with Gasteiger partial charge < -0.3 is 11.1 Å². The minimum atomic E-state index is -0.290. The number of halogens is 1. The highest BCUT2D eigenvalue weighted by Gasteiger charge is 2.10. The Kier molecular flexibility index (Phi) is 3.92. The zero-order valence-corrected chi connectivity index (χ0v) is 10.3.